The Morgan fingerprint density at radius 1 is 1.05 bits per heavy atom. The molecule has 0 spiro atoms. The number of hydrogen-bond donors (Lipinski definition) is 4. The van der Waals surface area contributed by atoms with Gasteiger partial charge in [-0.05, 0) is 12.1 Å². The van der Waals surface area contributed by atoms with Gasteiger partial charge in [0.05, 0.1) is 13.0 Å². The first-order valence-electron chi connectivity index (χ1n) is 5.66. The van der Waals surface area contributed by atoms with Gasteiger partial charge in [0.1, 0.15) is 0 Å². The van der Waals surface area contributed by atoms with E-state index in [0.717, 1.165) is 0 Å². The minimum absolute atomic E-state index is 0.0658. The van der Waals surface area contributed by atoms with Gasteiger partial charge in [-0.25, -0.2) is 0 Å². The van der Waals surface area contributed by atoms with Gasteiger partial charge in [0.15, 0.2) is 0 Å². The normalized spacial score (nSPS) is 9.68. The van der Waals surface area contributed by atoms with Crippen LogP contribution in [0.4, 0.5) is 0 Å². The smallest absolute Gasteiger partial charge is 0.304 e. The van der Waals surface area contributed by atoms with E-state index in [2.05, 4.69) is 16.2 Å². The summed E-state index contributed by atoms with van der Waals surface area (Å²) in [4.78, 5) is 33.1. The zero-order valence-electron chi connectivity index (χ0n) is 10.2. The van der Waals surface area contributed by atoms with Crippen LogP contribution in [-0.2, 0) is 9.59 Å². The molecule has 7 nitrogen and oxygen atoms in total. The molecule has 0 unspecified atom stereocenters. The Labute approximate surface area is 110 Å². The summed E-state index contributed by atoms with van der Waals surface area (Å²) >= 11 is 0. The maximum atomic E-state index is 11.5. The number of hydrazine groups is 1. The molecule has 1 aromatic rings. The van der Waals surface area contributed by atoms with Crippen molar-refractivity contribution in [2.24, 2.45) is 0 Å². The van der Waals surface area contributed by atoms with Crippen LogP contribution in [0.15, 0.2) is 30.3 Å². The lowest BCUT2D eigenvalue weighted by atomic mass is 10.2. The number of carboxylic acid groups (broad SMARTS) is 1. The fourth-order valence-electron chi connectivity index (χ4n) is 1.23. The lowest BCUT2D eigenvalue weighted by Crippen LogP contribution is -2.45. The van der Waals surface area contributed by atoms with E-state index < -0.39 is 17.8 Å². The fraction of sp³-hybridized carbons (Fsp3) is 0.250. The number of hydrogen-bond acceptors (Lipinski definition) is 4. The Balaban J connectivity index is 2.20. The van der Waals surface area contributed by atoms with Crippen molar-refractivity contribution in [2.45, 2.75) is 6.42 Å². The first kappa shape index (κ1) is 14.7. The van der Waals surface area contributed by atoms with E-state index in [1.165, 1.54) is 0 Å². The Kier molecular flexibility index (Phi) is 6.04. The van der Waals surface area contributed by atoms with Crippen molar-refractivity contribution in [1.29, 1.82) is 0 Å². The van der Waals surface area contributed by atoms with E-state index in [1.54, 1.807) is 30.3 Å². The topological polar surface area (TPSA) is 108 Å². The van der Waals surface area contributed by atoms with E-state index in [9.17, 15) is 14.4 Å². The van der Waals surface area contributed by atoms with Crippen molar-refractivity contribution in [2.75, 3.05) is 13.1 Å². The van der Waals surface area contributed by atoms with Crippen molar-refractivity contribution in [3.05, 3.63) is 35.9 Å². The molecule has 0 saturated heterocycles. The summed E-state index contributed by atoms with van der Waals surface area (Å²) in [7, 11) is 0. The Morgan fingerprint density at radius 3 is 2.37 bits per heavy atom. The van der Waals surface area contributed by atoms with E-state index in [0.29, 0.717) is 5.56 Å². The molecular formula is C12H15N3O4. The average Bonchev–Trinajstić information content (AvgIpc) is 2.41. The van der Waals surface area contributed by atoms with E-state index in [4.69, 9.17) is 5.11 Å². The van der Waals surface area contributed by atoms with Crippen LogP contribution in [0, 0.1) is 0 Å². The Hall–Kier alpha value is -2.41. The first-order valence-corrected chi connectivity index (χ1v) is 5.66. The van der Waals surface area contributed by atoms with Crippen LogP contribution in [0.1, 0.15) is 16.8 Å². The highest BCUT2D eigenvalue weighted by molar-refractivity contribution is 5.95. The molecule has 0 atom stereocenters. The van der Waals surface area contributed by atoms with E-state index in [1.807, 2.05) is 0 Å². The molecule has 1 rings (SSSR count). The SMILES string of the molecule is O=C(O)CCNCC(=O)NNC(=O)c1ccccc1. The molecule has 0 fully saturated rings. The number of nitrogens with one attached hydrogen (secondary N) is 3. The van der Waals surface area contributed by atoms with Crippen LogP contribution >= 0.6 is 0 Å². The third-order valence-corrected chi connectivity index (χ3v) is 2.15. The molecule has 0 aliphatic rings. The van der Waals surface area contributed by atoms with Crippen LogP contribution in [-0.4, -0.2) is 36.0 Å². The van der Waals surface area contributed by atoms with Gasteiger partial charge in [-0.2, -0.15) is 0 Å². The minimum Gasteiger partial charge on any atom is -0.481 e. The minimum atomic E-state index is -0.940. The van der Waals surface area contributed by atoms with Gasteiger partial charge in [-0.15, -0.1) is 0 Å². The van der Waals surface area contributed by atoms with Gasteiger partial charge in [0.25, 0.3) is 11.8 Å². The molecule has 0 aliphatic carbocycles. The predicted octanol–water partition coefficient (Wildman–Crippen LogP) is -0.488. The van der Waals surface area contributed by atoms with Gasteiger partial charge in [0, 0.05) is 12.1 Å². The summed E-state index contributed by atoms with van der Waals surface area (Å²) in [6, 6.07) is 8.44. The van der Waals surface area contributed by atoms with Crippen molar-refractivity contribution >= 4 is 17.8 Å². The summed E-state index contributed by atoms with van der Waals surface area (Å²) in [6.45, 7) is 0.123. The van der Waals surface area contributed by atoms with Crippen LogP contribution in [0.3, 0.4) is 0 Å². The Morgan fingerprint density at radius 2 is 1.74 bits per heavy atom. The highest BCUT2D eigenvalue weighted by atomic mass is 16.4. The largest absolute Gasteiger partial charge is 0.481 e. The molecule has 102 valence electrons. The number of carbonyl (C=O) groups excluding carboxylic acids is 2. The lowest BCUT2D eigenvalue weighted by Gasteiger charge is -2.07. The average molecular weight is 265 g/mol. The van der Waals surface area contributed by atoms with Crippen molar-refractivity contribution in [1.82, 2.24) is 16.2 Å². The quantitative estimate of drug-likeness (QED) is 0.410. The second-order valence-electron chi connectivity index (χ2n) is 3.69. The van der Waals surface area contributed by atoms with Gasteiger partial charge in [-0.3, -0.25) is 25.2 Å². The molecule has 7 heteroatoms. The molecule has 0 saturated carbocycles. The molecule has 0 aliphatic heterocycles. The summed E-state index contributed by atoms with van der Waals surface area (Å²) in [5, 5.41) is 11.0. The monoisotopic (exact) mass is 265 g/mol. The van der Waals surface area contributed by atoms with Gasteiger partial charge >= 0.3 is 5.97 Å². The third-order valence-electron chi connectivity index (χ3n) is 2.15. The number of rotatable bonds is 6. The van der Waals surface area contributed by atoms with Crippen LogP contribution in [0.2, 0.25) is 0 Å². The molecule has 19 heavy (non-hydrogen) atoms. The second kappa shape index (κ2) is 7.83. The maximum absolute atomic E-state index is 11.5. The van der Waals surface area contributed by atoms with Crippen LogP contribution < -0.4 is 16.2 Å². The molecule has 0 aromatic heterocycles. The number of amides is 2. The zero-order valence-corrected chi connectivity index (χ0v) is 10.2. The number of aliphatic carboxylic acids is 1. The lowest BCUT2D eigenvalue weighted by molar-refractivity contribution is -0.137. The maximum Gasteiger partial charge on any atom is 0.304 e. The number of carboxylic acids is 1. The number of carbonyl (C=O) groups is 3. The number of benzene rings is 1. The predicted molar refractivity (Wildman–Crippen MR) is 67.2 cm³/mol. The molecule has 2 amide bonds. The van der Waals surface area contributed by atoms with Crippen molar-refractivity contribution < 1.29 is 19.5 Å². The van der Waals surface area contributed by atoms with Crippen molar-refractivity contribution in [3.8, 4) is 0 Å². The molecule has 0 radical (unpaired) electrons. The first-order chi connectivity index (χ1) is 9.09. The summed E-state index contributed by atoms with van der Waals surface area (Å²) in [6.07, 6.45) is -0.0658. The highest BCUT2D eigenvalue weighted by Gasteiger charge is 2.06. The fourth-order valence-corrected chi connectivity index (χ4v) is 1.23. The zero-order chi connectivity index (χ0) is 14.1. The van der Waals surface area contributed by atoms with Crippen LogP contribution in [0.5, 0.6) is 0 Å². The summed E-state index contributed by atoms with van der Waals surface area (Å²) in [5.74, 6) is -1.81. The van der Waals surface area contributed by atoms with E-state index >= 15 is 0 Å². The molecular weight excluding hydrogens is 250 g/mol. The van der Waals surface area contributed by atoms with Gasteiger partial charge in [-0.1, -0.05) is 18.2 Å². The molecule has 4 N–H and O–H groups in total. The van der Waals surface area contributed by atoms with Gasteiger partial charge < -0.3 is 10.4 Å². The van der Waals surface area contributed by atoms with Gasteiger partial charge in [0.2, 0.25) is 0 Å². The van der Waals surface area contributed by atoms with Crippen molar-refractivity contribution in [3.63, 3.8) is 0 Å². The molecule has 1 aromatic carbocycles. The highest BCUT2D eigenvalue weighted by Crippen LogP contribution is 1.96. The second-order valence-corrected chi connectivity index (χ2v) is 3.69. The standard InChI is InChI=1S/C12H15N3O4/c16-10(8-13-7-6-11(17)18)14-15-12(19)9-4-2-1-3-5-9/h1-5,13H,6-8H2,(H,14,16)(H,15,19)(H,17,18). The Bertz CT molecular complexity index is 448. The summed E-state index contributed by atoms with van der Waals surface area (Å²) in [5.41, 5.74) is 4.91. The van der Waals surface area contributed by atoms with E-state index in [-0.39, 0.29) is 19.5 Å². The summed E-state index contributed by atoms with van der Waals surface area (Å²) < 4.78 is 0. The van der Waals surface area contributed by atoms with Crippen LogP contribution in [0.25, 0.3) is 0 Å². The molecule has 0 heterocycles. The third kappa shape index (κ3) is 6.18. The molecule has 0 bridgehead atoms.